The Morgan fingerprint density at radius 3 is 2.57 bits per heavy atom. The zero-order chi connectivity index (χ0) is 9.64. The summed E-state index contributed by atoms with van der Waals surface area (Å²) in [6.45, 7) is 0. The molecule has 0 aromatic heterocycles. The molecule has 0 radical (unpaired) electrons. The molecule has 0 saturated heterocycles. The first-order valence-corrected chi connectivity index (χ1v) is 5.04. The van der Waals surface area contributed by atoms with Crippen LogP contribution in [-0.4, -0.2) is 0 Å². The van der Waals surface area contributed by atoms with Gasteiger partial charge in [-0.25, -0.2) is 0 Å². The third-order valence-electron chi connectivity index (χ3n) is 2.34. The van der Waals surface area contributed by atoms with Crippen LogP contribution in [0.4, 0.5) is 0 Å². The lowest BCUT2D eigenvalue weighted by molar-refractivity contribution is 0.992. The summed E-state index contributed by atoms with van der Waals surface area (Å²) in [4.78, 5) is 0. The molecule has 0 spiro atoms. The van der Waals surface area contributed by atoms with Gasteiger partial charge in [-0.2, -0.15) is 0 Å². The minimum atomic E-state index is 1.17. The highest BCUT2D eigenvalue weighted by atomic mass is 14.0. The van der Waals surface area contributed by atoms with E-state index in [9.17, 15) is 0 Å². The van der Waals surface area contributed by atoms with E-state index in [1.807, 2.05) is 6.07 Å². The van der Waals surface area contributed by atoms with Crippen molar-refractivity contribution in [1.82, 2.24) is 0 Å². The van der Waals surface area contributed by atoms with Gasteiger partial charge in [-0.1, -0.05) is 60.7 Å². The van der Waals surface area contributed by atoms with E-state index in [0.717, 1.165) is 0 Å². The molecule has 0 unspecified atom stereocenters. The van der Waals surface area contributed by atoms with Crippen molar-refractivity contribution < 1.29 is 0 Å². The van der Waals surface area contributed by atoms with E-state index >= 15 is 0 Å². The van der Waals surface area contributed by atoms with Gasteiger partial charge in [-0.3, -0.25) is 0 Å². The monoisotopic (exact) mass is 182 g/mol. The van der Waals surface area contributed by atoms with Crippen LogP contribution in [0.1, 0.15) is 18.4 Å². The average Bonchev–Trinajstić information content (AvgIpc) is 2.29. The molecule has 0 heterocycles. The fourth-order valence-corrected chi connectivity index (χ4v) is 1.53. The van der Waals surface area contributed by atoms with Crippen LogP contribution in [0.15, 0.2) is 60.2 Å². The molecule has 0 aliphatic heterocycles. The number of allylic oxidation sites excluding steroid dienone is 5. The van der Waals surface area contributed by atoms with E-state index in [0.29, 0.717) is 0 Å². The van der Waals surface area contributed by atoms with Crippen LogP contribution in [0.2, 0.25) is 0 Å². The molecule has 0 amide bonds. The van der Waals surface area contributed by atoms with Crippen molar-refractivity contribution in [2.45, 2.75) is 12.8 Å². The lowest BCUT2D eigenvalue weighted by atomic mass is 10.0. The summed E-state index contributed by atoms with van der Waals surface area (Å²) in [6.07, 6.45) is 13.2. The Morgan fingerprint density at radius 1 is 1.00 bits per heavy atom. The Morgan fingerprint density at radius 2 is 1.86 bits per heavy atom. The molecule has 14 heavy (non-hydrogen) atoms. The third-order valence-corrected chi connectivity index (χ3v) is 2.34. The predicted octanol–water partition coefficient (Wildman–Crippen LogP) is 3.98. The Kier molecular flexibility index (Phi) is 2.97. The summed E-state index contributed by atoms with van der Waals surface area (Å²) in [5.74, 6) is 0. The Balaban J connectivity index is 2.07. The first kappa shape index (κ1) is 9.01. The van der Waals surface area contributed by atoms with Crippen LogP contribution in [0.3, 0.4) is 0 Å². The second-order valence-electron chi connectivity index (χ2n) is 3.45. The van der Waals surface area contributed by atoms with E-state index in [1.165, 1.54) is 24.0 Å². The predicted molar refractivity (Wildman–Crippen MR) is 61.9 cm³/mol. The van der Waals surface area contributed by atoms with Crippen molar-refractivity contribution in [1.29, 1.82) is 0 Å². The van der Waals surface area contributed by atoms with E-state index in [-0.39, 0.29) is 0 Å². The highest BCUT2D eigenvalue weighted by Gasteiger charge is 1.94. The van der Waals surface area contributed by atoms with Crippen LogP contribution in [0.5, 0.6) is 0 Å². The van der Waals surface area contributed by atoms with Gasteiger partial charge in [-0.05, 0) is 24.0 Å². The third kappa shape index (κ3) is 2.46. The van der Waals surface area contributed by atoms with Gasteiger partial charge in [0.25, 0.3) is 0 Å². The molecule has 2 rings (SSSR count). The number of benzene rings is 1. The van der Waals surface area contributed by atoms with Crippen LogP contribution < -0.4 is 0 Å². The van der Waals surface area contributed by atoms with Gasteiger partial charge in [0.1, 0.15) is 0 Å². The summed E-state index contributed by atoms with van der Waals surface area (Å²) in [5.41, 5.74) is 2.68. The fraction of sp³-hybridized carbons (Fsp3) is 0.143. The number of rotatable bonds is 2. The molecule has 0 atom stereocenters. The second kappa shape index (κ2) is 4.61. The Labute approximate surface area is 85.3 Å². The summed E-state index contributed by atoms with van der Waals surface area (Å²) in [7, 11) is 0. The largest absolute Gasteiger partial charge is 0.0842 e. The number of hydrogen-bond donors (Lipinski definition) is 0. The van der Waals surface area contributed by atoms with E-state index in [2.05, 4.69) is 54.6 Å². The molecule has 0 N–H and O–H groups in total. The molecule has 0 saturated carbocycles. The molecule has 0 heteroatoms. The normalized spacial score (nSPS) is 15.9. The zero-order valence-electron chi connectivity index (χ0n) is 8.19. The first-order chi connectivity index (χ1) is 6.95. The molecule has 0 nitrogen and oxygen atoms in total. The first-order valence-electron chi connectivity index (χ1n) is 5.04. The molecule has 1 aromatic rings. The molecule has 1 aromatic carbocycles. The lowest BCUT2D eigenvalue weighted by Crippen LogP contribution is -1.82. The molecule has 70 valence electrons. The smallest absolute Gasteiger partial charge is 0.0244 e. The number of hydrogen-bond acceptors (Lipinski definition) is 0. The van der Waals surface area contributed by atoms with Crippen LogP contribution >= 0.6 is 0 Å². The SMILES string of the molecule is C1=CCCC(/C=C/c2ccccc2)=C1. The minimum Gasteiger partial charge on any atom is -0.0842 e. The van der Waals surface area contributed by atoms with Crippen molar-refractivity contribution in [3.05, 3.63) is 65.8 Å². The van der Waals surface area contributed by atoms with Crippen molar-refractivity contribution in [2.75, 3.05) is 0 Å². The van der Waals surface area contributed by atoms with E-state index < -0.39 is 0 Å². The lowest BCUT2D eigenvalue weighted by Gasteiger charge is -2.02. The highest BCUT2D eigenvalue weighted by molar-refractivity contribution is 5.53. The van der Waals surface area contributed by atoms with Crippen LogP contribution in [0.25, 0.3) is 6.08 Å². The topological polar surface area (TPSA) is 0 Å². The second-order valence-corrected chi connectivity index (χ2v) is 3.45. The maximum absolute atomic E-state index is 2.21. The van der Waals surface area contributed by atoms with Crippen molar-refractivity contribution in [3.8, 4) is 0 Å². The van der Waals surface area contributed by atoms with Gasteiger partial charge in [0, 0.05) is 0 Å². The van der Waals surface area contributed by atoms with E-state index in [4.69, 9.17) is 0 Å². The zero-order valence-corrected chi connectivity index (χ0v) is 8.19. The van der Waals surface area contributed by atoms with Crippen LogP contribution in [0, 0.1) is 0 Å². The van der Waals surface area contributed by atoms with Crippen molar-refractivity contribution in [2.24, 2.45) is 0 Å². The quantitative estimate of drug-likeness (QED) is 0.649. The fourth-order valence-electron chi connectivity index (χ4n) is 1.53. The Hall–Kier alpha value is -1.56. The molecule has 1 aliphatic carbocycles. The molecular formula is C14H14. The van der Waals surface area contributed by atoms with Gasteiger partial charge in [0.05, 0.1) is 0 Å². The van der Waals surface area contributed by atoms with Crippen LogP contribution in [-0.2, 0) is 0 Å². The van der Waals surface area contributed by atoms with Gasteiger partial charge in [-0.15, -0.1) is 0 Å². The van der Waals surface area contributed by atoms with Crippen molar-refractivity contribution >= 4 is 6.08 Å². The summed E-state index contributed by atoms with van der Waals surface area (Å²) in [5, 5.41) is 0. The molecule has 1 aliphatic rings. The standard InChI is InChI=1S/C14H14/c1-3-7-13(8-4-1)11-12-14-9-5-2-6-10-14/h1-5,7-9,11-12H,6,10H2/b12-11+. The maximum Gasteiger partial charge on any atom is -0.0244 e. The maximum atomic E-state index is 2.21. The van der Waals surface area contributed by atoms with E-state index in [1.54, 1.807) is 0 Å². The van der Waals surface area contributed by atoms with Gasteiger partial charge in [0.2, 0.25) is 0 Å². The highest BCUT2D eigenvalue weighted by Crippen LogP contribution is 2.14. The molecule has 0 fully saturated rings. The summed E-state index contributed by atoms with van der Waals surface area (Å²) < 4.78 is 0. The van der Waals surface area contributed by atoms with Gasteiger partial charge < -0.3 is 0 Å². The Bertz CT molecular complexity index is 366. The average molecular weight is 182 g/mol. The summed E-state index contributed by atoms with van der Waals surface area (Å²) in [6, 6.07) is 10.4. The molecule has 0 bridgehead atoms. The van der Waals surface area contributed by atoms with Gasteiger partial charge >= 0.3 is 0 Å². The minimum absolute atomic E-state index is 1.17. The summed E-state index contributed by atoms with van der Waals surface area (Å²) >= 11 is 0. The van der Waals surface area contributed by atoms with Gasteiger partial charge in [0.15, 0.2) is 0 Å². The van der Waals surface area contributed by atoms with Crippen molar-refractivity contribution in [3.63, 3.8) is 0 Å². The molecular weight excluding hydrogens is 168 g/mol.